The number of methoxy groups -OCH3 is 1. The Bertz CT molecular complexity index is 628. The van der Waals surface area contributed by atoms with Crippen LogP contribution in [0.2, 0.25) is 0 Å². The van der Waals surface area contributed by atoms with Crippen molar-refractivity contribution in [2.24, 2.45) is 0 Å². The van der Waals surface area contributed by atoms with Crippen LogP contribution >= 0.6 is 10.7 Å². The van der Waals surface area contributed by atoms with E-state index < -0.39 is 30.5 Å². The first kappa shape index (κ1) is 16.3. The van der Waals surface area contributed by atoms with Gasteiger partial charge in [0.05, 0.1) is 22.0 Å². The summed E-state index contributed by atoms with van der Waals surface area (Å²) in [6.45, 7) is 0.0717. The summed E-state index contributed by atoms with van der Waals surface area (Å²) < 4.78 is 31.8. The Morgan fingerprint density at radius 1 is 1.35 bits per heavy atom. The molecule has 0 aliphatic heterocycles. The molecule has 0 saturated carbocycles. The average Bonchev–Trinajstić information content (AvgIpc) is 2.37. The predicted octanol–water partition coefficient (Wildman–Crippen LogP) is 1.33. The van der Waals surface area contributed by atoms with E-state index in [2.05, 4.69) is 4.74 Å². The molecule has 10 heteroatoms. The van der Waals surface area contributed by atoms with E-state index in [4.69, 9.17) is 15.4 Å². The Labute approximate surface area is 118 Å². The zero-order valence-electron chi connectivity index (χ0n) is 10.2. The molecule has 0 aliphatic rings. The van der Waals surface area contributed by atoms with Crippen molar-refractivity contribution < 1.29 is 27.6 Å². The first-order chi connectivity index (χ1) is 9.25. The summed E-state index contributed by atoms with van der Waals surface area (Å²) in [5.74, 6) is -0.910. The molecule has 110 valence electrons. The lowest BCUT2D eigenvalue weighted by molar-refractivity contribution is -0.385. The molecule has 0 bridgehead atoms. The normalized spacial score (nSPS) is 11.1. The fourth-order valence-corrected chi connectivity index (χ4v) is 2.04. The van der Waals surface area contributed by atoms with Gasteiger partial charge < -0.3 is 9.47 Å². The molecule has 1 aromatic rings. The van der Waals surface area contributed by atoms with Crippen molar-refractivity contribution in [1.82, 2.24) is 0 Å². The number of benzene rings is 1. The number of carbonyl (C=O) groups excluding carboxylic acids is 1. The van der Waals surface area contributed by atoms with E-state index in [1.54, 1.807) is 0 Å². The van der Waals surface area contributed by atoms with Gasteiger partial charge in [0.2, 0.25) is 0 Å². The highest BCUT2D eigenvalue weighted by Gasteiger charge is 2.21. The molecule has 0 atom stereocenters. The largest absolute Gasteiger partial charge is 0.460 e. The van der Waals surface area contributed by atoms with Gasteiger partial charge in [-0.15, -0.1) is 0 Å². The van der Waals surface area contributed by atoms with Crippen molar-refractivity contribution in [3.63, 3.8) is 0 Å². The van der Waals surface area contributed by atoms with Gasteiger partial charge in [-0.1, -0.05) is 0 Å². The van der Waals surface area contributed by atoms with Crippen molar-refractivity contribution in [2.75, 3.05) is 20.3 Å². The quantitative estimate of drug-likeness (QED) is 0.255. The molecule has 0 heterocycles. The van der Waals surface area contributed by atoms with E-state index >= 15 is 0 Å². The van der Waals surface area contributed by atoms with Crippen LogP contribution in [-0.4, -0.2) is 39.6 Å². The highest BCUT2D eigenvalue weighted by atomic mass is 35.7. The van der Waals surface area contributed by atoms with Crippen LogP contribution in [0.4, 0.5) is 5.69 Å². The van der Waals surface area contributed by atoms with Gasteiger partial charge in [-0.3, -0.25) is 10.1 Å². The van der Waals surface area contributed by atoms with Crippen LogP contribution in [0.15, 0.2) is 23.1 Å². The minimum Gasteiger partial charge on any atom is -0.460 e. The highest BCUT2D eigenvalue weighted by molar-refractivity contribution is 8.13. The summed E-state index contributed by atoms with van der Waals surface area (Å²) in [6.07, 6.45) is 0. The summed E-state index contributed by atoms with van der Waals surface area (Å²) in [5.41, 5.74) is -0.861. The molecule has 0 aliphatic carbocycles. The number of ether oxygens (including phenoxy) is 2. The van der Waals surface area contributed by atoms with Gasteiger partial charge in [-0.25, -0.2) is 13.2 Å². The molecule has 0 fully saturated rings. The summed E-state index contributed by atoms with van der Waals surface area (Å²) in [6, 6.07) is 2.57. The third kappa shape index (κ3) is 4.44. The maximum atomic E-state index is 11.6. The third-order valence-corrected chi connectivity index (χ3v) is 3.47. The summed E-state index contributed by atoms with van der Waals surface area (Å²) in [5, 5.41) is 10.7. The van der Waals surface area contributed by atoms with Crippen LogP contribution < -0.4 is 0 Å². The topological polar surface area (TPSA) is 113 Å². The molecule has 1 aromatic carbocycles. The molecule has 0 saturated heterocycles. The maximum Gasteiger partial charge on any atom is 0.338 e. The van der Waals surface area contributed by atoms with Crippen molar-refractivity contribution in [1.29, 1.82) is 0 Å². The van der Waals surface area contributed by atoms with Crippen LogP contribution in [-0.2, 0) is 18.5 Å². The number of nitro groups is 1. The number of halogens is 1. The second-order valence-electron chi connectivity index (χ2n) is 3.54. The first-order valence-corrected chi connectivity index (χ1v) is 7.47. The molecule has 0 N–H and O–H groups in total. The number of carbonyl (C=O) groups is 1. The van der Waals surface area contributed by atoms with Crippen molar-refractivity contribution in [3.8, 4) is 0 Å². The van der Waals surface area contributed by atoms with Gasteiger partial charge in [0.25, 0.3) is 14.7 Å². The van der Waals surface area contributed by atoms with Crippen LogP contribution in [0.3, 0.4) is 0 Å². The lowest BCUT2D eigenvalue weighted by atomic mass is 10.2. The zero-order valence-corrected chi connectivity index (χ0v) is 11.8. The van der Waals surface area contributed by atoms with E-state index in [9.17, 15) is 23.3 Å². The van der Waals surface area contributed by atoms with Gasteiger partial charge in [-0.05, 0) is 6.07 Å². The average molecular weight is 324 g/mol. The number of hydrogen-bond acceptors (Lipinski definition) is 7. The second kappa shape index (κ2) is 6.64. The van der Waals surface area contributed by atoms with E-state index in [0.29, 0.717) is 0 Å². The van der Waals surface area contributed by atoms with Crippen LogP contribution in [0.5, 0.6) is 0 Å². The van der Waals surface area contributed by atoms with Crippen molar-refractivity contribution in [3.05, 3.63) is 33.9 Å². The van der Waals surface area contributed by atoms with E-state index in [1.807, 2.05) is 0 Å². The molecule has 0 spiro atoms. The Kier molecular flexibility index (Phi) is 5.43. The molecule has 0 amide bonds. The third-order valence-electron chi connectivity index (χ3n) is 2.14. The number of nitro benzene ring substituents is 1. The molecule has 20 heavy (non-hydrogen) atoms. The van der Waals surface area contributed by atoms with Crippen LogP contribution in [0.1, 0.15) is 10.4 Å². The SMILES string of the molecule is COCCOC(=O)c1cc([N+](=O)[O-])cc(S(=O)(=O)Cl)c1. The summed E-state index contributed by atoms with van der Waals surface area (Å²) in [7, 11) is 2.31. The van der Waals surface area contributed by atoms with Gasteiger partial charge in [0.1, 0.15) is 6.61 Å². The number of non-ortho nitro benzene ring substituents is 1. The number of esters is 1. The maximum absolute atomic E-state index is 11.6. The van der Waals surface area contributed by atoms with E-state index in [-0.39, 0.29) is 18.8 Å². The minimum atomic E-state index is -4.20. The fourth-order valence-electron chi connectivity index (χ4n) is 1.25. The lowest BCUT2D eigenvalue weighted by Gasteiger charge is -2.05. The van der Waals surface area contributed by atoms with Crippen molar-refractivity contribution in [2.45, 2.75) is 4.90 Å². The second-order valence-corrected chi connectivity index (χ2v) is 6.11. The Balaban J connectivity index is 3.16. The molecule has 0 unspecified atom stereocenters. The Morgan fingerprint density at radius 2 is 2.00 bits per heavy atom. The number of nitrogens with zero attached hydrogens (tertiary/aromatic N) is 1. The summed E-state index contributed by atoms with van der Waals surface area (Å²) >= 11 is 0. The van der Waals surface area contributed by atoms with Crippen molar-refractivity contribution >= 4 is 31.4 Å². The Morgan fingerprint density at radius 3 is 2.50 bits per heavy atom. The van der Waals surface area contributed by atoms with Crippen LogP contribution in [0, 0.1) is 10.1 Å². The molecular weight excluding hydrogens is 314 g/mol. The standard InChI is InChI=1S/C10H10ClNO7S/c1-18-2-3-19-10(13)7-4-8(12(14)15)6-9(5-7)20(11,16)17/h4-6H,2-3H2,1H3. The summed E-state index contributed by atoms with van der Waals surface area (Å²) in [4.78, 5) is 21.0. The minimum absolute atomic E-state index is 0.0685. The van der Waals surface area contributed by atoms with Gasteiger partial charge in [0, 0.05) is 29.9 Å². The fraction of sp³-hybridized carbons (Fsp3) is 0.300. The van der Waals surface area contributed by atoms with Crippen LogP contribution in [0.25, 0.3) is 0 Å². The molecule has 8 nitrogen and oxygen atoms in total. The first-order valence-electron chi connectivity index (χ1n) is 5.16. The highest BCUT2D eigenvalue weighted by Crippen LogP contribution is 2.23. The monoisotopic (exact) mass is 323 g/mol. The Hall–Kier alpha value is -1.71. The number of rotatable bonds is 6. The van der Waals surface area contributed by atoms with Gasteiger partial charge in [-0.2, -0.15) is 0 Å². The smallest absolute Gasteiger partial charge is 0.338 e. The molecular formula is C10H10ClNO7S. The molecule has 0 radical (unpaired) electrons. The number of hydrogen-bond donors (Lipinski definition) is 0. The van der Waals surface area contributed by atoms with Gasteiger partial charge >= 0.3 is 5.97 Å². The molecule has 0 aromatic heterocycles. The lowest BCUT2D eigenvalue weighted by Crippen LogP contribution is -2.11. The molecule has 1 rings (SSSR count). The van der Waals surface area contributed by atoms with Gasteiger partial charge in [0.15, 0.2) is 0 Å². The predicted molar refractivity (Wildman–Crippen MR) is 68.3 cm³/mol. The van der Waals surface area contributed by atoms with E-state index in [0.717, 1.165) is 18.2 Å². The van der Waals surface area contributed by atoms with E-state index in [1.165, 1.54) is 7.11 Å². The zero-order chi connectivity index (χ0) is 15.3.